The molecule has 1 heterocycles. The summed E-state index contributed by atoms with van der Waals surface area (Å²) in [6.45, 7) is 1.91. The minimum atomic E-state index is -0.520. The van der Waals surface area contributed by atoms with Crippen molar-refractivity contribution >= 4 is 39.8 Å². The summed E-state index contributed by atoms with van der Waals surface area (Å²) in [7, 11) is 0. The third kappa shape index (κ3) is 4.46. The molecule has 0 N–H and O–H groups in total. The summed E-state index contributed by atoms with van der Waals surface area (Å²) < 4.78 is 11.4. The smallest absolute Gasteiger partial charge is 0.363 e. The van der Waals surface area contributed by atoms with Crippen LogP contribution < -0.4 is 4.74 Å². The predicted octanol–water partition coefficient (Wildman–Crippen LogP) is 4.50. The molecule has 0 spiro atoms. The number of carbonyl (C=O) groups is 2. The molecule has 132 valence electrons. The second kappa shape index (κ2) is 8.10. The van der Waals surface area contributed by atoms with Crippen LogP contribution in [0.4, 0.5) is 0 Å². The Labute approximate surface area is 159 Å². The number of halogens is 1. The number of aliphatic imine (C=N–C) groups is 1. The van der Waals surface area contributed by atoms with Gasteiger partial charge in [0.05, 0.1) is 0 Å². The maximum Gasteiger partial charge on any atom is 0.363 e. The average Bonchev–Trinajstić information content (AvgIpc) is 2.96. The Morgan fingerprint density at radius 3 is 2.81 bits per heavy atom. The zero-order valence-corrected chi connectivity index (χ0v) is 15.7. The molecule has 3 rings (SSSR count). The van der Waals surface area contributed by atoms with Gasteiger partial charge in [0.2, 0.25) is 5.90 Å². The van der Waals surface area contributed by atoms with Gasteiger partial charge in [0.1, 0.15) is 5.75 Å². The Bertz CT molecular complexity index is 918. The molecule has 2 aromatic rings. The number of benzene rings is 2. The van der Waals surface area contributed by atoms with Crippen LogP contribution in [0.5, 0.6) is 5.75 Å². The monoisotopic (exact) mass is 413 g/mol. The lowest BCUT2D eigenvalue weighted by molar-refractivity contribution is -0.134. The molecule has 0 bridgehead atoms. The molecule has 1 aliphatic heterocycles. The van der Waals surface area contributed by atoms with Gasteiger partial charge < -0.3 is 9.47 Å². The zero-order chi connectivity index (χ0) is 18.5. The Morgan fingerprint density at radius 1 is 1.23 bits per heavy atom. The quantitative estimate of drug-likeness (QED) is 0.411. The highest BCUT2D eigenvalue weighted by Crippen LogP contribution is 2.22. The molecule has 0 radical (unpaired) electrons. The van der Waals surface area contributed by atoms with E-state index in [1.807, 2.05) is 31.2 Å². The van der Waals surface area contributed by atoms with Gasteiger partial charge in [0.15, 0.2) is 5.70 Å². The molecule has 0 atom stereocenters. The maximum absolute atomic E-state index is 12.1. The average molecular weight is 414 g/mol. The van der Waals surface area contributed by atoms with Crippen LogP contribution in [0.15, 0.2) is 63.7 Å². The van der Waals surface area contributed by atoms with E-state index in [4.69, 9.17) is 9.47 Å². The molecule has 0 unspecified atom stereocenters. The van der Waals surface area contributed by atoms with Crippen molar-refractivity contribution < 1.29 is 19.1 Å². The maximum atomic E-state index is 12.1. The van der Waals surface area contributed by atoms with E-state index in [0.29, 0.717) is 23.3 Å². The zero-order valence-electron chi connectivity index (χ0n) is 14.1. The highest BCUT2D eigenvalue weighted by molar-refractivity contribution is 9.10. The van der Waals surface area contributed by atoms with Gasteiger partial charge in [-0.05, 0) is 48.4 Å². The van der Waals surface area contributed by atoms with Crippen LogP contribution in [-0.2, 0) is 14.3 Å². The molecule has 0 fully saturated rings. The van der Waals surface area contributed by atoms with Gasteiger partial charge in [-0.1, -0.05) is 41.1 Å². The number of hydrogen-bond donors (Lipinski definition) is 0. The Hall–Kier alpha value is -2.73. The van der Waals surface area contributed by atoms with E-state index in [-0.39, 0.29) is 17.6 Å². The van der Waals surface area contributed by atoms with Gasteiger partial charge in [-0.25, -0.2) is 9.79 Å². The molecule has 5 nitrogen and oxygen atoms in total. The van der Waals surface area contributed by atoms with Crippen LogP contribution in [0, 0.1) is 0 Å². The number of hydrogen-bond acceptors (Lipinski definition) is 5. The van der Waals surface area contributed by atoms with Crippen molar-refractivity contribution in [3.63, 3.8) is 0 Å². The van der Waals surface area contributed by atoms with E-state index in [1.165, 1.54) is 0 Å². The van der Waals surface area contributed by atoms with Crippen LogP contribution >= 0.6 is 15.9 Å². The predicted molar refractivity (Wildman–Crippen MR) is 102 cm³/mol. The molecule has 0 aliphatic carbocycles. The Balaban J connectivity index is 1.83. The fourth-order valence-electron chi connectivity index (χ4n) is 2.37. The molecule has 0 aromatic heterocycles. The first-order valence-corrected chi connectivity index (χ1v) is 8.93. The third-order valence-corrected chi connectivity index (χ3v) is 4.03. The van der Waals surface area contributed by atoms with Gasteiger partial charge in [-0.15, -0.1) is 0 Å². The van der Waals surface area contributed by atoms with Crippen molar-refractivity contribution in [2.45, 2.75) is 19.8 Å². The van der Waals surface area contributed by atoms with Gasteiger partial charge in [-0.3, -0.25) is 4.79 Å². The number of cyclic esters (lactones) is 1. The molecule has 0 saturated heterocycles. The van der Waals surface area contributed by atoms with Gasteiger partial charge >= 0.3 is 11.9 Å². The molecular weight excluding hydrogens is 398 g/mol. The summed E-state index contributed by atoms with van der Waals surface area (Å²) in [6, 6.07) is 14.3. The standard InChI is InChI=1S/C20H16BrNO4/c1-2-5-18(23)25-16-9-3-6-13(10-16)11-17-20(24)26-19(22-17)14-7-4-8-15(21)12-14/h3-4,6-12H,2,5H2,1H3/b17-11-. The number of nitrogens with zero attached hydrogens (tertiary/aromatic N) is 1. The highest BCUT2D eigenvalue weighted by atomic mass is 79.9. The lowest BCUT2D eigenvalue weighted by atomic mass is 10.2. The number of ether oxygens (including phenoxy) is 2. The van der Waals surface area contributed by atoms with Crippen LogP contribution in [-0.4, -0.2) is 17.8 Å². The van der Waals surface area contributed by atoms with Crippen molar-refractivity contribution in [1.82, 2.24) is 0 Å². The summed E-state index contributed by atoms with van der Waals surface area (Å²) >= 11 is 3.38. The van der Waals surface area contributed by atoms with Crippen molar-refractivity contribution in [3.8, 4) is 5.75 Å². The van der Waals surface area contributed by atoms with Crippen molar-refractivity contribution in [2.75, 3.05) is 0 Å². The molecule has 26 heavy (non-hydrogen) atoms. The van der Waals surface area contributed by atoms with Crippen LogP contribution in [0.3, 0.4) is 0 Å². The lowest BCUT2D eigenvalue weighted by Gasteiger charge is -2.04. The fourth-order valence-corrected chi connectivity index (χ4v) is 2.77. The molecule has 2 aromatic carbocycles. The lowest BCUT2D eigenvalue weighted by Crippen LogP contribution is -2.06. The van der Waals surface area contributed by atoms with Gasteiger partial charge in [0.25, 0.3) is 0 Å². The second-order valence-corrected chi connectivity index (χ2v) is 6.56. The minimum absolute atomic E-state index is 0.192. The number of rotatable bonds is 5. The Morgan fingerprint density at radius 2 is 2.04 bits per heavy atom. The fraction of sp³-hybridized carbons (Fsp3) is 0.150. The van der Waals surface area contributed by atoms with E-state index in [0.717, 1.165) is 10.9 Å². The first kappa shape index (κ1) is 18.1. The number of carbonyl (C=O) groups excluding carboxylic acids is 2. The van der Waals surface area contributed by atoms with E-state index in [1.54, 1.807) is 30.3 Å². The van der Waals surface area contributed by atoms with Crippen molar-refractivity contribution in [3.05, 3.63) is 69.8 Å². The highest BCUT2D eigenvalue weighted by Gasteiger charge is 2.24. The SMILES string of the molecule is CCCC(=O)Oc1cccc(/C=C2\N=C(c3cccc(Br)c3)OC2=O)c1. The first-order chi connectivity index (χ1) is 12.5. The minimum Gasteiger partial charge on any atom is -0.427 e. The summed E-state index contributed by atoms with van der Waals surface area (Å²) in [5, 5.41) is 0. The van der Waals surface area contributed by atoms with Crippen LogP contribution in [0.1, 0.15) is 30.9 Å². The topological polar surface area (TPSA) is 65.0 Å². The number of esters is 2. The van der Waals surface area contributed by atoms with Crippen LogP contribution in [0.2, 0.25) is 0 Å². The summed E-state index contributed by atoms with van der Waals surface area (Å²) in [5.74, 6) is -0.116. The van der Waals surface area contributed by atoms with Crippen molar-refractivity contribution in [1.29, 1.82) is 0 Å². The summed E-state index contributed by atoms with van der Waals surface area (Å²) in [4.78, 5) is 28.0. The van der Waals surface area contributed by atoms with E-state index >= 15 is 0 Å². The van der Waals surface area contributed by atoms with E-state index in [9.17, 15) is 9.59 Å². The van der Waals surface area contributed by atoms with Gasteiger partial charge in [0, 0.05) is 16.5 Å². The second-order valence-electron chi connectivity index (χ2n) is 5.64. The van der Waals surface area contributed by atoms with Gasteiger partial charge in [-0.2, -0.15) is 0 Å². The van der Waals surface area contributed by atoms with E-state index in [2.05, 4.69) is 20.9 Å². The molecule has 1 aliphatic rings. The summed E-state index contributed by atoms with van der Waals surface area (Å²) in [6.07, 6.45) is 2.68. The largest absolute Gasteiger partial charge is 0.427 e. The van der Waals surface area contributed by atoms with Crippen LogP contribution in [0.25, 0.3) is 6.08 Å². The Kier molecular flexibility index (Phi) is 5.63. The normalized spacial score (nSPS) is 14.9. The summed E-state index contributed by atoms with van der Waals surface area (Å²) in [5.41, 5.74) is 1.59. The molecule has 0 amide bonds. The molecule has 0 saturated carbocycles. The molecular formula is C20H16BrNO4. The first-order valence-electron chi connectivity index (χ1n) is 8.14. The van der Waals surface area contributed by atoms with Crippen molar-refractivity contribution in [2.24, 2.45) is 4.99 Å². The molecule has 6 heteroatoms. The van der Waals surface area contributed by atoms with E-state index < -0.39 is 5.97 Å². The third-order valence-electron chi connectivity index (χ3n) is 3.54.